The fourth-order valence-electron chi connectivity index (χ4n) is 3.12. The molecular formula is C19H11ClN2O3. The van der Waals surface area contributed by atoms with Crippen LogP contribution in [0.15, 0.2) is 59.4 Å². The van der Waals surface area contributed by atoms with E-state index >= 15 is 0 Å². The van der Waals surface area contributed by atoms with Crippen LogP contribution in [0.2, 0.25) is 5.02 Å². The average molecular weight is 351 g/mol. The summed E-state index contributed by atoms with van der Waals surface area (Å²) >= 11 is 6.03. The molecule has 1 aliphatic heterocycles. The van der Waals surface area contributed by atoms with E-state index in [1.165, 1.54) is 6.07 Å². The molecule has 2 N–H and O–H groups in total. The largest absolute Gasteiger partial charge is 0.478 e. The van der Waals surface area contributed by atoms with Crippen LogP contribution < -0.4 is 5.56 Å². The minimum Gasteiger partial charge on any atom is -0.478 e. The summed E-state index contributed by atoms with van der Waals surface area (Å²) in [5, 5.41) is 18.4. The van der Waals surface area contributed by atoms with Gasteiger partial charge >= 0.3 is 5.97 Å². The summed E-state index contributed by atoms with van der Waals surface area (Å²) in [4.78, 5) is 24.8. The van der Waals surface area contributed by atoms with Crippen LogP contribution in [0.25, 0.3) is 22.4 Å². The maximum absolute atomic E-state index is 13.0. The monoisotopic (exact) mass is 350 g/mol. The second kappa shape index (κ2) is 5.43. The summed E-state index contributed by atoms with van der Waals surface area (Å²) in [6.07, 6.45) is 0. The van der Waals surface area contributed by atoms with E-state index in [9.17, 15) is 14.7 Å². The van der Waals surface area contributed by atoms with Crippen molar-refractivity contribution in [3.63, 3.8) is 0 Å². The Bertz CT molecular complexity index is 1120. The number of carbonyl (C=O) groups is 1. The molecule has 0 unspecified atom stereocenters. The smallest absolute Gasteiger partial charge is 0.337 e. The Balaban J connectivity index is 2.13. The Morgan fingerprint density at radius 2 is 1.72 bits per heavy atom. The maximum Gasteiger partial charge on any atom is 0.337 e. The molecule has 3 aromatic rings. The second-order valence-electron chi connectivity index (χ2n) is 5.67. The summed E-state index contributed by atoms with van der Waals surface area (Å²) in [6, 6.07) is 15.0. The van der Waals surface area contributed by atoms with Crippen LogP contribution >= 0.6 is 11.6 Å². The molecule has 6 heteroatoms. The number of hydrogen-bond acceptors (Lipinski definition) is 3. The third kappa shape index (κ3) is 2.21. The SMILES string of the molecule is N=C1c2ccc(Cl)cc2-c2c(C(=O)O)cc(-c3ccccc3)c(=O)n21. The number of aromatic nitrogens is 1. The fraction of sp³-hybridized carbons (Fsp3) is 0. The van der Waals surface area contributed by atoms with Crippen LogP contribution in [0.5, 0.6) is 0 Å². The molecule has 1 aliphatic rings. The van der Waals surface area contributed by atoms with Crippen molar-refractivity contribution < 1.29 is 9.90 Å². The van der Waals surface area contributed by atoms with Gasteiger partial charge in [0.15, 0.2) is 0 Å². The molecule has 1 aromatic heterocycles. The van der Waals surface area contributed by atoms with E-state index < -0.39 is 11.5 Å². The highest BCUT2D eigenvalue weighted by Gasteiger charge is 2.31. The standard InChI is InChI=1S/C19H11ClN2O3/c20-11-6-7-12-14(8-11)16-15(19(24)25)9-13(10-4-2-1-3-5-10)18(23)22(16)17(12)21/h1-9,21H,(H,24,25). The number of carboxylic acid groups (broad SMARTS) is 1. The Labute approximate surface area is 147 Å². The molecule has 0 bridgehead atoms. The predicted molar refractivity (Wildman–Crippen MR) is 95.8 cm³/mol. The first-order valence-electron chi connectivity index (χ1n) is 7.47. The zero-order valence-electron chi connectivity index (χ0n) is 12.8. The van der Waals surface area contributed by atoms with Crippen molar-refractivity contribution in [2.24, 2.45) is 0 Å². The number of nitrogens with one attached hydrogen (secondary N) is 1. The van der Waals surface area contributed by atoms with Crippen molar-refractivity contribution in [1.82, 2.24) is 4.57 Å². The summed E-state index contributed by atoms with van der Waals surface area (Å²) in [7, 11) is 0. The summed E-state index contributed by atoms with van der Waals surface area (Å²) in [5.74, 6) is -1.21. The number of nitrogens with zero attached hydrogens (tertiary/aromatic N) is 1. The van der Waals surface area contributed by atoms with Crippen molar-refractivity contribution in [2.75, 3.05) is 0 Å². The van der Waals surface area contributed by atoms with E-state index in [-0.39, 0.29) is 22.7 Å². The Hall–Kier alpha value is -3.18. The number of pyridine rings is 1. The summed E-state index contributed by atoms with van der Waals surface area (Å²) < 4.78 is 1.15. The van der Waals surface area contributed by atoms with Gasteiger partial charge in [0.05, 0.1) is 11.3 Å². The molecule has 5 nitrogen and oxygen atoms in total. The summed E-state index contributed by atoms with van der Waals surface area (Å²) in [5.41, 5.74) is 1.53. The minimum atomic E-state index is -1.17. The van der Waals surface area contributed by atoms with Crippen molar-refractivity contribution in [3.05, 3.63) is 81.1 Å². The molecule has 0 spiro atoms. The molecule has 2 heterocycles. The fourth-order valence-corrected chi connectivity index (χ4v) is 3.29. The molecule has 0 atom stereocenters. The maximum atomic E-state index is 13.0. The van der Waals surface area contributed by atoms with Crippen molar-refractivity contribution in [2.45, 2.75) is 0 Å². The molecule has 0 saturated carbocycles. The second-order valence-corrected chi connectivity index (χ2v) is 6.11. The molecule has 122 valence electrons. The van der Waals surface area contributed by atoms with E-state index in [0.717, 1.165) is 4.57 Å². The normalized spacial score (nSPS) is 12.0. The van der Waals surface area contributed by atoms with Gasteiger partial charge in [-0.1, -0.05) is 41.9 Å². The predicted octanol–water partition coefficient (Wildman–Crippen LogP) is 3.72. The van der Waals surface area contributed by atoms with Gasteiger partial charge < -0.3 is 5.11 Å². The zero-order valence-corrected chi connectivity index (χ0v) is 13.5. The third-order valence-electron chi connectivity index (χ3n) is 4.23. The Kier molecular flexibility index (Phi) is 3.33. The zero-order chi connectivity index (χ0) is 17.7. The van der Waals surface area contributed by atoms with Crippen LogP contribution in [0.3, 0.4) is 0 Å². The van der Waals surface area contributed by atoms with E-state index in [2.05, 4.69) is 0 Å². The highest BCUT2D eigenvalue weighted by atomic mass is 35.5. The van der Waals surface area contributed by atoms with Crippen molar-refractivity contribution >= 4 is 23.4 Å². The molecule has 25 heavy (non-hydrogen) atoms. The van der Waals surface area contributed by atoms with Crippen molar-refractivity contribution in [1.29, 1.82) is 5.41 Å². The van der Waals surface area contributed by atoms with Gasteiger partial charge in [0.1, 0.15) is 5.84 Å². The average Bonchev–Trinajstić information content (AvgIpc) is 2.89. The summed E-state index contributed by atoms with van der Waals surface area (Å²) in [6.45, 7) is 0. The molecule has 0 saturated heterocycles. The number of hydrogen-bond donors (Lipinski definition) is 2. The highest BCUT2D eigenvalue weighted by Crippen LogP contribution is 2.36. The molecule has 0 amide bonds. The quantitative estimate of drug-likeness (QED) is 0.578. The molecular weight excluding hydrogens is 340 g/mol. The molecule has 0 aliphatic carbocycles. The first-order chi connectivity index (χ1) is 12.0. The minimum absolute atomic E-state index is 0.0378. The van der Waals surface area contributed by atoms with Crippen LogP contribution in [-0.2, 0) is 0 Å². The van der Waals surface area contributed by atoms with Gasteiger partial charge in [-0.15, -0.1) is 0 Å². The van der Waals surface area contributed by atoms with Gasteiger partial charge in [-0.3, -0.25) is 14.8 Å². The van der Waals surface area contributed by atoms with Crippen LogP contribution in [0.4, 0.5) is 0 Å². The molecule has 0 radical (unpaired) electrons. The molecule has 2 aromatic carbocycles. The number of rotatable bonds is 2. The van der Waals surface area contributed by atoms with Gasteiger partial charge in [-0.25, -0.2) is 4.79 Å². The van der Waals surface area contributed by atoms with Crippen LogP contribution in [-0.4, -0.2) is 21.5 Å². The Morgan fingerprint density at radius 3 is 2.40 bits per heavy atom. The lowest BCUT2D eigenvalue weighted by molar-refractivity contribution is 0.0697. The molecule has 4 rings (SSSR count). The van der Waals surface area contributed by atoms with E-state index in [0.29, 0.717) is 21.7 Å². The lowest BCUT2D eigenvalue weighted by atomic mass is 10.00. The number of aromatic carboxylic acids is 1. The Morgan fingerprint density at radius 1 is 1.00 bits per heavy atom. The van der Waals surface area contributed by atoms with E-state index in [1.807, 2.05) is 6.07 Å². The molecule has 0 fully saturated rings. The number of fused-ring (bicyclic) bond motifs is 3. The lowest BCUT2D eigenvalue weighted by Gasteiger charge is -2.11. The van der Waals surface area contributed by atoms with Crippen LogP contribution in [0.1, 0.15) is 15.9 Å². The van der Waals surface area contributed by atoms with E-state index in [1.54, 1.807) is 42.5 Å². The lowest BCUT2D eigenvalue weighted by Crippen LogP contribution is -2.27. The van der Waals surface area contributed by atoms with Gasteiger partial charge in [0, 0.05) is 21.7 Å². The third-order valence-corrected chi connectivity index (χ3v) is 4.47. The van der Waals surface area contributed by atoms with Crippen molar-refractivity contribution in [3.8, 4) is 22.4 Å². The first kappa shape index (κ1) is 15.4. The van der Waals surface area contributed by atoms with Gasteiger partial charge in [0.2, 0.25) is 0 Å². The van der Waals surface area contributed by atoms with Gasteiger partial charge in [-0.05, 0) is 29.8 Å². The number of benzene rings is 2. The van der Waals surface area contributed by atoms with Gasteiger partial charge in [-0.2, -0.15) is 0 Å². The topological polar surface area (TPSA) is 83.2 Å². The van der Waals surface area contributed by atoms with Crippen LogP contribution in [0, 0.1) is 5.41 Å². The number of halogens is 1. The highest BCUT2D eigenvalue weighted by molar-refractivity contribution is 6.31. The van der Waals surface area contributed by atoms with E-state index in [4.69, 9.17) is 17.0 Å². The first-order valence-corrected chi connectivity index (χ1v) is 7.85. The number of carboxylic acids is 1. The van der Waals surface area contributed by atoms with Gasteiger partial charge in [0.25, 0.3) is 5.56 Å².